The first-order chi connectivity index (χ1) is 13.8. The molecule has 0 saturated heterocycles. The minimum absolute atomic E-state index is 0.354. The van der Waals surface area contributed by atoms with Gasteiger partial charge in [-0.1, -0.05) is 107 Å². The topological polar surface area (TPSA) is 38.3 Å². The van der Waals surface area contributed by atoms with Gasteiger partial charge >= 0.3 is 0 Å². The van der Waals surface area contributed by atoms with Gasteiger partial charge in [0.2, 0.25) is 15.9 Å². The van der Waals surface area contributed by atoms with Crippen LogP contribution in [0.3, 0.4) is 0 Å². The van der Waals surface area contributed by atoms with Crippen LogP contribution in [-0.2, 0) is 4.79 Å². The summed E-state index contributed by atoms with van der Waals surface area (Å²) >= 11 is 24.2. The Morgan fingerprint density at radius 3 is 1.72 bits per heavy atom. The molecule has 3 rings (SSSR count). The van der Waals surface area contributed by atoms with E-state index in [1.165, 1.54) is 0 Å². The van der Waals surface area contributed by atoms with Crippen molar-refractivity contribution in [2.75, 3.05) is 0 Å². The van der Waals surface area contributed by atoms with Gasteiger partial charge in [-0.25, -0.2) is 0 Å². The Morgan fingerprint density at radius 2 is 1.28 bits per heavy atom. The molecule has 150 valence electrons. The van der Waals surface area contributed by atoms with Crippen LogP contribution in [0.5, 0.6) is 5.75 Å². The second kappa shape index (κ2) is 9.73. The fourth-order valence-corrected chi connectivity index (χ4v) is 3.25. The first kappa shape index (κ1) is 21.8. The number of hydrogen-bond donors (Lipinski definition) is 1. The van der Waals surface area contributed by atoms with Gasteiger partial charge in [0.05, 0.1) is 5.92 Å². The van der Waals surface area contributed by atoms with E-state index in [0.29, 0.717) is 10.8 Å². The van der Waals surface area contributed by atoms with Crippen LogP contribution in [0.1, 0.15) is 17.0 Å². The molecular weight excluding hydrogens is 452 g/mol. The second-order valence-electron chi connectivity index (χ2n) is 6.26. The molecule has 0 aromatic heterocycles. The maximum Gasteiger partial charge on any atom is 0.246 e. The SMILES string of the molecule is O=C(N[C@H](Oc1ccc(Cl)cc1)C(Cl)(Cl)Cl)C(c1ccccc1)c1ccccc1. The molecule has 3 aromatic rings. The first-order valence-electron chi connectivity index (χ1n) is 8.74. The van der Waals surface area contributed by atoms with Crippen LogP contribution in [0, 0.1) is 0 Å². The lowest BCUT2D eigenvalue weighted by Crippen LogP contribution is -2.49. The number of rotatable bonds is 6. The Kier molecular flexibility index (Phi) is 7.31. The summed E-state index contributed by atoms with van der Waals surface area (Å²) in [5.41, 5.74) is 1.62. The Balaban J connectivity index is 1.88. The molecule has 29 heavy (non-hydrogen) atoms. The van der Waals surface area contributed by atoms with E-state index in [1.54, 1.807) is 24.3 Å². The summed E-state index contributed by atoms with van der Waals surface area (Å²) < 4.78 is 3.84. The van der Waals surface area contributed by atoms with Gasteiger partial charge in [-0.3, -0.25) is 4.79 Å². The molecule has 1 amide bonds. The van der Waals surface area contributed by atoms with Gasteiger partial charge in [-0.05, 0) is 35.4 Å². The predicted molar refractivity (Wildman–Crippen MR) is 119 cm³/mol. The van der Waals surface area contributed by atoms with E-state index in [-0.39, 0.29) is 5.91 Å². The van der Waals surface area contributed by atoms with Crippen LogP contribution in [0.25, 0.3) is 0 Å². The highest BCUT2D eigenvalue weighted by Crippen LogP contribution is 2.33. The number of benzene rings is 3. The summed E-state index contributed by atoms with van der Waals surface area (Å²) in [6.45, 7) is 0. The molecule has 0 saturated carbocycles. The number of nitrogens with one attached hydrogen (secondary N) is 1. The van der Waals surface area contributed by atoms with Crippen molar-refractivity contribution in [1.29, 1.82) is 0 Å². The third kappa shape index (κ3) is 6.03. The van der Waals surface area contributed by atoms with Gasteiger partial charge in [-0.15, -0.1) is 0 Å². The summed E-state index contributed by atoms with van der Waals surface area (Å²) in [6, 6.07) is 25.3. The monoisotopic (exact) mass is 467 g/mol. The van der Waals surface area contributed by atoms with Crippen LogP contribution >= 0.6 is 46.4 Å². The van der Waals surface area contributed by atoms with Crippen LogP contribution in [0.15, 0.2) is 84.9 Å². The molecule has 0 bridgehead atoms. The maximum atomic E-state index is 13.3. The lowest BCUT2D eigenvalue weighted by Gasteiger charge is -2.28. The van der Waals surface area contributed by atoms with Crippen molar-refractivity contribution in [3.63, 3.8) is 0 Å². The fraction of sp³-hybridized carbons (Fsp3) is 0.136. The molecule has 0 aliphatic rings. The molecule has 7 heteroatoms. The van der Waals surface area contributed by atoms with Crippen LogP contribution in [0.2, 0.25) is 5.02 Å². The van der Waals surface area contributed by atoms with Gasteiger partial charge in [0.1, 0.15) is 5.75 Å². The van der Waals surface area contributed by atoms with Crippen molar-refractivity contribution in [3.8, 4) is 5.75 Å². The summed E-state index contributed by atoms with van der Waals surface area (Å²) in [6.07, 6.45) is -1.21. The molecule has 0 fully saturated rings. The molecule has 0 unspecified atom stereocenters. The number of carbonyl (C=O) groups excluding carboxylic acids is 1. The summed E-state index contributed by atoms with van der Waals surface area (Å²) in [5, 5.41) is 3.27. The molecule has 0 aliphatic carbocycles. The van der Waals surface area contributed by atoms with Crippen molar-refractivity contribution in [1.82, 2.24) is 5.32 Å². The van der Waals surface area contributed by atoms with Crippen molar-refractivity contribution in [2.45, 2.75) is 15.9 Å². The van der Waals surface area contributed by atoms with Crippen molar-refractivity contribution in [2.24, 2.45) is 0 Å². The molecule has 0 aliphatic heterocycles. The third-order valence-electron chi connectivity index (χ3n) is 4.17. The molecule has 0 heterocycles. The molecule has 1 atom stereocenters. The number of amides is 1. The fourth-order valence-electron chi connectivity index (χ4n) is 2.83. The highest BCUT2D eigenvalue weighted by Gasteiger charge is 2.38. The summed E-state index contributed by atoms with van der Waals surface area (Å²) in [5.74, 6) is -0.546. The smallest absolute Gasteiger partial charge is 0.246 e. The van der Waals surface area contributed by atoms with Gasteiger partial charge < -0.3 is 10.1 Å². The van der Waals surface area contributed by atoms with Gasteiger partial charge in [0.15, 0.2) is 0 Å². The molecule has 3 aromatic carbocycles. The van der Waals surface area contributed by atoms with Gasteiger partial charge in [0, 0.05) is 5.02 Å². The lowest BCUT2D eigenvalue weighted by atomic mass is 9.90. The Bertz CT molecular complexity index is 889. The number of ether oxygens (including phenoxy) is 1. The van der Waals surface area contributed by atoms with E-state index >= 15 is 0 Å². The quantitative estimate of drug-likeness (QED) is 0.337. The minimum atomic E-state index is -1.90. The highest BCUT2D eigenvalue weighted by atomic mass is 35.6. The summed E-state index contributed by atoms with van der Waals surface area (Å²) in [7, 11) is 0. The molecular formula is C22H17Cl4NO2. The standard InChI is InChI=1S/C22H17Cl4NO2/c23-17-11-13-18(14-12-17)29-21(22(24,25)26)27-20(28)19(15-7-3-1-4-8-15)16-9-5-2-6-10-16/h1-14,19,21H,(H,27,28)/t21-/m1/s1. The average Bonchev–Trinajstić information content (AvgIpc) is 2.70. The minimum Gasteiger partial charge on any atom is -0.466 e. The zero-order chi connectivity index (χ0) is 20.9. The van der Waals surface area contributed by atoms with Crippen molar-refractivity contribution < 1.29 is 9.53 Å². The predicted octanol–water partition coefficient (Wildman–Crippen LogP) is 6.36. The Morgan fingerprint density at radius 1 is 0.793 bits per heavy atom. The van der Waals surface area contributed by atoms with E-state index in [4.69, 9.17) is 51.1 Å². The Labute approximate surface area is 189 Å². The van der Waals surface area contributed by atoms with Crippen LogP contribution < -0.4 is 10.1 Å². The number of alkyl halides is 3. The zero-order valence-electron chi connectivity index (χ0n) is 15.1. The van der Waals surface area contributed by atoms with E-state index < -0.39 is 15.9 Å². The first-order valence-corrected chi connectivity index (χ1v) is 10.2. The lowest BCUT2D eigenvalue weighted by molar-refractivity contribution is -0.124. The van der Waals surface area contributed by atoms with Gasteiger partial charge in [0.25, 0.3) is 0 Å². The number of hydrogen-bond acceptors (Lipinski definition) is 2. The van der Waals surface area contributed by atoms with E-state index in [2.05, 4.69) is 5.32 Å². The molecule has 0 spiro atoms. The number of halogens is 4. The van der Waals surface area contributed by atoms with Gasteiger partial charge in [-0.2, -0.15) is 0 Å². The largest absolute Gasteiger partial charge is 0.466 e. The molecule has 1 N–H and O–H groups in total. The van der Waals surface area contributed by atoms with Crippen LogP contribution in [-0.4, -0.2) is 15.9 Å². The van der Waals surface area contributed by atoms with E-state index in [1.807, 2.05) is 60.7 Å². The van der Waals surface area contributed by atoms with Crippen molar-refractivity contribution >= 4 is 52.3 Å². The molecule has 3 nitrogen and oxygen atoms in total. The highest BCUT2D eigenvalue weighted by molar-refractivity contribution is 6.68. The second-order valence-corrected chi connectivity index (χ2v) is 9.06. The number of carbonyl (C=O) groups is 1. The summed E-state index contributed by atoms with van der Waals surface area (Å²) in [4.78, 5) is 13.3. The van der Waals surface area contributed by atoms with Crippen LogP contribution in [0.4, 0.5) is 0 Å². The Hall–Kier alpha value is -1.91. The van der Waals surface area contributed by atoms with E-state index in [0.717, 1.165) is 11.1 Å². The van der Waals surface area contributed by atoms with E-state index in [9.17, 15) is 4.79 Å². The normalized spacial score (nSPS) is 12.4. The zero-order valence-corrected chi connectivity index (χ0v) is 18.1. The molecule has 0 radical (unpaired) electrons. The maximum absolute atomic E-state index is 13.3. The van der Waals surface area contributed by atoms with Crippen molar-refractivity contribution in [3.05, 3.63) is 101 Å². The third-order valence-corrected chi connectivity index (χ3v) is 5.01. The average molecular weight is 469 g/mol.